The third kappa shape index (κ3) is 6.20. The summed E-state index contributed by atoms with van der Waals surface area (Å²) in [6.45, 7) is 0. The number of carbonyl (C=O) groups is 1. The number of ether oxygens (including phenoxy) is 3. The molecule has 0 aliphatic carbocycles. The molecule has 0 atom stereocenters. The molecule has 0 amide bonds. The van der Waals surface area contributed by atoms with Crippen LogP contribution in [0, 0.1) is 0 Å². The number of phenols is 1. The monoisotopic (exact) mass is 372 g/mol. The normalized spacial score (nSPS) is 10.5. The summed E-state index contributed by atoms with van der Waals surface area (Å²) in [5.74, 6) is 2.39. The molecule has 0 unspecified atom stereocenters. The van der Waals surface area contributed by atoms with Gasteiger partial charge in [-0.15, -0.1) is 0 Å². The summed E-state index contributed by atoms with van der Waals surface area (Å²) in [6.07, 6.45) is 4.33. The van der Waals surface area contributed by atoms with Gasteiger partial charge in [0.2, 0.25) is 0 Å². The first-order valence-electron chi connectivity index (χ1n) is 9.16. The minimum Gasteiger partial charge on any atom is -0.504 e. The van der Waals surface area contributed by atoms with E-state index >= 15 is 0 Å². The third-order valence-electron chi connectivity index (χ3n) is 4.58. The molecule has 1 N–H and O–H groups in total. The Morgan fingerprint density at radius 3 is 2.30 bits per heavy atom. The van der Waals surface area contributed by atoms with E-state index in [1.165, 1.54) is 7.11 Å². The van der Waals surface area contributed by atoms with E-state index in [1.54, 1.807) is 26.4 Å². The number of hydrogen-bond acceptors (Lipinski definition) is 5. The lowest BCUT2D eigenvalue weighted by molar-refractivity contribution is -0.119. The van der Waals surface area contributed by atoms with Gasteiger partial charge in [-0.05, 0) is 55.0 Å². The van der Waals surface area contributed by atoms with Crippen LogP contribution in [0.25, 0.3) is 0 Å². The van der Waals surface area contributed by atoms with Gasteiger partial charge in [-0.2, -0.15) is 0 Å². The molecule has 0 aliphatic rings. The molecule has 0 spiro atoms. The number of rotatable bonds is 11. The summed E-state index contributed by atoms with van der Waals surface area (Å²) in [7, 11) is 4.80. The first kappa shape index (κ1) is 20.6. The number of benzene rings is 2. The van der Waals surface area contributed by atoms with Crippen molar-refractivity contribution in [3.8, 4) is 23.0 Å². The molecule has 0 radical (unpaired) electrons. The lowest BCUT2D eigenvalue weighted by atomic mass is 10.0. The minimum absolute atomic E-state index is 0.107. The summed E-state index contributed by atoms with van der Waals surface area (Å²) < 4.78 is 15.6. The van der Waals surface area contributed by atoms with Crippen LogP contribution in [-0.2, 0) is 17.6 Å². The van der Waals surface area contributed by atoms with E-state index in [0.29, 0.717) is 25.0 Å². The molecule has 0 saturated heterocycles. The molecule has 0 bridgehead atoms. The molecule has 0 saturated carbocycles. The van der Waals surface area contributed by atoms with Crippen LogP contribution in [0.1, 0.15) is 36.8 Å². The molecule has 2 aromatic rings. The van der Waals surface area contributed by atoms with Crippen molar-refractivity contribution < 1.29 is 24.1 Å². The highest BCUT2D eigenvalue weighted by Crippen LogP contribution is 2.27. The third-order valence-corrected chi connectivity index (χ3v) is 4.58. The fourth-order valence-electron chi connectivity index (χ4n) is 3.00. The number of ketones is 1. The van der Waals surface area contributed by atoms with E-state index in [2.05, 4.69) is 0 Å². The molecule has 5 heteroatoms. The molecule has 5 nitrogen and oxygen atoms in total. The predicted octanol–water partition coefficient (Wildman–Crippen LogP) is 4.33. The van der Waals surface area contributed by atoms with E-state index in [-0.39, 0.29) is 11.5 Å². The van der Waals surface area contributed by atoms with Crippen molar-refractivity contribution in [3.05, 3.63) is 47.5 Å². The number of methoxy groups -OCH3 is 3. The average molecular weight is 372 g/mol. The molecule has 2 aromatic carbocycles. The number of unbranched alkanes of at least 4 members (excludes halogenated alkanes) is 1. The predicted molar refractivity (Wildman–Crippen MR) is 105 cm³/mol. The molecule has 0 fully saturated rings. The van der Waals surface area contributed by atoms with E-state index in [0.717, 1.165) is 41.9 Å². The van der Waals surface area contributed by atoms with Gasteiger partial charge in [0.1, 0.15) is 17.3 Å². The highest BCUT2D eigenvalue weighted by atomic mass is 16.5. The maximum Gasteiger partial charge on any atom is 0.160 e. The summed E-state index contributed by atoms with van der Waals surface area (Å²) in [5.41, 5.74) is 2.06. The highest BCUT2D eigenvalue weighted by molar-refractivity contribution is 5.78. The number of aryl methyl sites for hydroxylation is 2. The Balaban J connectivity index is 1.73. The molecular formula is C22H28O5. The SMILES string of the molecule is COc1ccc(CCCCC(=O)CCc2ccc(OC)c(O)c2)c(OC)c1. The van der Waals surface area contributed by atoms with Crippen LogP contribution >= 0.6 is 0 Å². The van der Waals surface area contributed by atoms with Crippen molar-refractivity contribution in [3.63, 3.8) is 0 Å². The smallest absolute Gasteiger partial charge is 0.160 e. The first-order chi connectivity index (χ1) is 13.1. The van der Waals surface area contributed by atoms with Crippen LogP contribution in [-0.4, -0.2) is 32.2 Å². The maximum absolute atomic E-state index is 12.1. The summed E-state index contributed by atoms with van der Waals surface area (Å²) >= 11 is 0. The molecule has 0 heterocycles. The van der Waals surface area contributed by atoms with Crippen molar-refractivity contribution in [1.29, 1.82) is 0 Å². The number of Topliss-reactive ketones (excluding diaryl/α,β-unsaturated/α-hetero) is 1. The number of carbonyl (C=O) groups excluding carboxylic acids is 1. The Morgan fingerprint density at radius 2 is 1.63 bits per heavy atom. The molecule has 27 heavy (non-hydrogen) atoms. The molecule has 2 rings (SSSR count). The van der Waals surface area contributed by atoms with E-state index in [9.17, 15) is 9.90 Å². The Labute approximate surface area is 160 Å². The summed E-state index contributed by atoms with van der Waals surface area (Å²) in [6, 6.07) is 11.1. The lowest BCUT2D eigenvalue weighted by Crippen LogP contribution is -2.01. The van der Waals surface area contributed by atoms with Crippen molar-refractivity contribution >= 4 is 5.78 Å². The van der Waals surface area contributed by atoms with Gasteiger partial charge in [-0.25, -0.2) is 0 Å². The maximum atomic E-state index is 12.1. The van der Waals surface area contributed by atoms with E-state index in [4.69, 9.17) is 14.2 Å². The Hall–Kier alpha value is -2.69. The van der Waals surface area contributed by atoms with Crippen molar-refractivity contribution in [1.82, 2.24) is 0 Å². The minimum atomic E-state index is 0.107. The van der Waals surface area contributed by atoms with Gasteiger partial charge in [0.15, 0.2) is 11.5 Å². The highest BCUT2D eigenvalue weighted by Gasteiger charge is 2.08. The summed E-state index contributed by atoms with van der Waals surface area (Å²) in [4.78, 5) is 12.1. The standard InChI is InChI=1S/C22H28O5/c1-25-19-12-10-17(22(15-19)27-3)6-4-5-7-18(23)11-8-16-9-13-21(26-2)20(24)14-16/h9-10,12-15,24H,4-8,11H2,1-3H3. The van der Waals surface area contributed by atoms with Crippen LogP contribution in [0.5, 0.6) is 23.0 Å². The van der Waals surface area contributed by atoms with Gasteiger partial charge < -0.3 is 19.3 Å². The van der Waals surface area contributed by atoms with Crippen LogP contribution in [0.2, 0.25) is 0 Å². The van der Waals surface area contributed by atoms with E-state index < -0.39 is 0 Å². The second-order valence-corrected chi connectivity index (χ2v) is 6.43. The fourth-order valence-corrected chi connectivity index (χ4v) is 3.00. The Bertz CT molecular complexity index is 754. The largest absolute Gasteiger partial charge is 0.504 e. The van der Waals surface area contributed by atoms with Gasteiger partial charge >= 0.3 is 0 Å². The van der Waals surface area contributed by atoms with Gasteiger partial charge in [-0.3, -0.25) is 4.79 Å². The average Bonchev–Trinajstić information content (AvgIpc) is 2.69. The number of hydrogen-bond donors (Lipinski definition) is 1. The molecular weight excluding hydrogens is 344 g/mol. The second-order valence-electron chi connectivity index (χ2n) is 6.43. The van der Waals surface area contributed by atoms with Crippen molar-refractivity contribution in [2.75, 3.05) is 21.3 Å². The molecule has 0 aliphatic heterocycles. The van der Waals surface area contributed by atoms with Gasteiger partial charge in [-0.1, -0.05) is 12.1 Å². The number of phenolic OH excluding ortho intramolecular Hbond substituents is 1. The zero-order chi connectivity index (χ0) is 19.6. The quantitative estimate of drug-likeness (QED) is 0.595. The van der Waals surface area contributed by atoms with E-state index in [1.807, 2.05) is 24.3 Å². The second kappa shape index (κ2) is 10.5. The van der Waals surface area contributed by atoms with Crippen LogP contribution < -0.4 is 14.2 Å². The van der Waals surface area contributed by atoms with Crippen molar-refractivity contribution in [2.45, 2.75) is 38.5 Å². The zero-order valence-corrected chi connectivity index (χ0v) is 16.3. The Morgan fingerprint density at radius 1 is 0.852 bits per heavy atom. The Kier molecular flexibility index (Phi) is 7.99. The zero-order valence-electron chi connectivity index (χ0n) is 16.3. The van der Waals surface area contributed by atoms with Crippen LogP contribution in [0.4, 0.5) is 0 Å². The van der Waals surface area contributed by atoms with Gasteiger partial charge in [0.25, 0.3) is 0 Å². The lowest BCUT2D eigenvalue weighted by Gasteiger charge is -2.10. The van der Waals surface area contributed by atoms with Crippen molar-refractivity contribution in [2.24, 2.45) is 0 Å². The molecule has 0 aromatic heterocycles. The van der Waals surface area contributed by atoms with Gasteiger partial charge in [0, 0.05) is 18.9 Å². The van der Waals surface area contributed by atoms with Crippen LogP contribution in [0.15, 0.2) is 36.4 Å². The fraction of sp³-hybridized carbons (Fsp3) is 0.409. The molecule has 146 valence electrons. The first-order valence-corrected chi connectivity index (χ1v) is 9.16. The number of aromatic hydroxyl groups is 1. The van der Waals surface area contributed by atoms with Gasteiger partial charge in [0.05, 0.1) is 21.3 Å². The van der Waals surface area contributed by atoms with Crippen LogP contribution in [0.3, 0.4) is 0 Å². The summed E-state index contributed by atoms with van der Waals surface area (Å²) in [5, 5.41) is 9.79. The topological polar surface area (TPSA) is 65.0 Å².